The van der Waals surface area contributed by atoms with E-state index in [1.807, 2.05) is 0 Å². The van der Waals surface area contributed by atoms with Gasteiger partial charge in [0, 0.05) is 56.5 Å². The molecule has 1 fully saturated rings. The summed E-state index contributed by atoms with van der Waals surface area (Å²) in [7, 11) is 0. The summed E-state index contributed by atoms with van der Waals surface area (Å²) in [5.41, 5.74) is 1.31. The van der Waals surface area contributed by atoms with Crippen LogP contribution >= 0.6 is 11.3 Å². The fourth-order valence-electron chi connectivity index (χ4n) is 3.28. The molecule has 158 valence electrons. The first kappa shape index (κ1) is 20.4. The first-order valence-corrected chi connectivity index (χ1v) is 10.2. The number of fused-ring (bicyclic) bond motifs is 1. The Morgan fingerprint density at radius 2 is 1.71 bits per heavy atom. The van der Waals surface area contributed by atoms with Gasteiger partial charge in [0.05, 0.1) is 20.1 Å². The predicted molar refractivity (Wildman–Crippen MR) is 117 cm³/mol. The number of piperazine rings is 1. The summed E-state index contributed by atoms with van der Waals surface area (Å²) in [6, 6.07) is 10.7. The van der Waals surface area contributed by atoms with Crippen LogP contribution in [0.15, 0.2) is 48.5 Å². The quantitative estimate of drug-likeness (QED) is 0.339. The molecule has 11 heteroatoms. The number of amides is 1. The van der Waals surface area contributed by atoms with Crippen LogP contribution in [0.4, 0.5) is 16.5 Å². The fraction of sp³-hybridized carbons (Fsp3) is 0.200. The highest BCUT2D eigenvalue weighted by molar-refractivity contribution is 7.22. The second kappa shape index (κ2) is 8.48. The van der Waals surface area contributed by atoms with Gasteiger partial charge in [-0.2, -0.15) is 0 Å². The molecule has 1 amide bonds. The van der Waals surface area contributed by atoms with Gasteiger partial charge in [-0.05, 0) is 17.7 Å². The summed E-state index contributed by atoms with van der Waals surface area (Å²) in [4.78, 5) is 41.7. The number of hydrogen-bond donors (Lipinski definition) is 0. The largest absolute Gasteiger partial charge is 0.345 e. The lowest BCUT2D eigenvalue weighted by Crippen LogP contribution is -2.48. The van der Waals surface area contributed by atoms with Crippen molar-refractivity contribution >= 4 is 50.0 Å². The Balaban J connectivity index is 1.38. The second-order valence-electron chi connectivity index (χ2n) is 6.90. The number of thiazole rings is 1. The van der Waals surface area contributed by atoms with Gasteiger partial charge in [-0.15, -0.1) is 0 Å². The van der Waals surface area contributed by atoms with Crippen LogP contribution in [0.3, 0.4) is 0 Å². The summed E-state index contributed by atoms with van der Waals surface area (Å²) < 4.78 is 0.752. The van der Waals surface area contributed by atoms with E-state index in [0.717, 1.165) is 9.83 Å². The average Bonchev–Trinajstić information content (AvgIpc) is 3.21. The number of aromatic nitrogens is 1. The Hall–Kier alpha value is -3.86. The van der Waals surface area contributed by atoms with Gasteiger partial charge < -0.3 is 9.80 Å². The van der Waals surface area contributed by atoms with E-state index < -0.39 is 9.85 Å². The molecule has 0 unspecified atom stereocenters. The van der Waals surface area contributed by atoms with E-state index in [4.69, 9.17) is 0 Å². The van der Waals surface area contributed by atoms with Crippen molar-refractivity contribution < 1.29 is 14.6 Å². The van der Waals surface area contributed by atoms with E-state index in [0.29, 0.717) is 37.3 Å². The Bertz CT molecular complexity index is 1200. The minimum absolute atomic E-state index is 0.0237. The Morgan fingerprint density at radius 1 is 1.00 bits per heavy atom. The molecule has 1 aliphatic heterocycles. The van der Waals surface area contributed by atoms with Crippen molar-refractivity contribution in [1.82, 2.24) is 9.88 Å². The smallest absolute Gasteiger partial charge is 0.270 e. The first-order valence-electron chi connectivity index (χ1n) is 9.42. The third-order valence-electron chi connectivity index (χ3n) is 4.93. The van der Waals surface area contributed by atoms with Crippen molar-refractivity contribution in [2.45, 2.75) is 0 Å². The van der Waals surface area contributed by atoms with Gasteiger partial charge in [0.15, 0.2) is 5.13 Å². The number of rotatable bonds is 5. The van der Waals surface area contributed by atoms with Crippen LogP contribution < -0.4 is 4.90 Å². The second-order valence-corrected chi connectivity index (χ2v) is 7.91. The lowest BCUT2D eigenvalue weighted by molar-refractivity contribution is -0.385. The fourth-order valence-corrected chi connectivity index (χ4v) is 4.33. The van der Waals surface area contributed by atoms with Gasteiger partial charge in [0.2, 0.25) is 5.91 Å². The Labute approximate surface area is 180 Å². The van der Waals surface area contributed by atoms with Gasteiger partial charge in [0.1, 0.15) is 0 Å². The molecule has 4 rings (SSSR count). The molecule has 2 aromatic carbocycles. The standard InChI is InChI=1S/C20H17N5O5S/c26-19(7-4-14-2-1-3-15(12-14)24(27)28)22-8-10-23(11-9-22)20-21-17-6-5-16(25(29)30)13-18(17)31-20/h1-7,12-13H,8-11H2/b7-4+. The lowest BCUT2D eigenvalue weighted by atomic mass is 10.2. The molecule has 0 N–H and O–H groups in total. The highest BCUT2D eigenvalue weighted by Gasteiger charge is 2.22. The third kappa shape index (κ3) is 4.51. The molecular formula is C20H17N5O5S. The lowest BCUT2D eigenvalue weighted by Gasteiger charge is -2.34. The molecule has 0 radical (unpaired) electrons. The van der Waals surface area contributed by atoms with Gasteiger partial charge in [-0.3, -0.25) is 25.0 Å². The minimum atomic E-state index is -0.474. The van der Waals surface area contributed by atoms with Gasteiger partial charge in [-0.1, -0.05) is 23.5 Å². The van der Waals surface area contributed by atoms with Crippen molar-refractivity contribution in [1.29, 1.82) is 0 Å². The van der Waals surface area contributed by atoms with E-state index in [2.05, 4.69) is 9.88 Å². The summed E-state index contributed by atoms with van der Waals surface area (Å²) >= 11 is 1.39. The number of nitro groups is 2. The number of benzene rings is 2. The van der Waals surface area contributed by atoms with Crippen LogP contribution in [0.2, 0.25) is 0 Å². The van der Waals surface area contributed by atoms with Crippen LogP contribution in [-0.4, -0.2) is 51.8 Å². The van der Waals surface area contributed by atoms with Crippen LogP contribution in [0, 0.1) is 20.2 Å². The number of non-ortho nitro benzene ring substituents is 2. The van der Waals surface area contributed by atoms with E-state index >= 15 is 0 Å². The number of nitro benzene ring substituents is 2. The molecule has 31 heavy (non-hydrogen) atoms. The Morgan fingerprint density at radius 3 is 2.42 bits per heavy atom. The number of hydrogen-bond acceptors (Lipinski definition) is 8. The van der Waals surface area contributed by atoms with Crippen LogP contribution in [0.25, 0.3) is 16.3 Å². The number of nitrogens with zero attached hydrogens (tertiary/aromatic N) is 5. The number of carbonyl (C=O) groups excluding carboxylic acids is 1. The van der Waals surface area contributed by atoms with Crippen molar-refractivity contribution in [3.05, 3.63) is 74.3 Å². The van der Waals surface area contributed by atoms with Gasteiger partial charge in [-0.25, -0.2) is 4.98 Å². The van der Waals surface area contributed by atoms with E-state index in [1.54, 1.807) is 29.2 Å². The number of anilines is 1. The van der Waals surface area contributed by atoms with Crippen molar-refractivity contribution in [2.24, 2.45) is 0 Å². The molecule has 1 aliphatic rings. The molecule has 1 saturated heterocycles. The monoisotopic (exact) mass is 439 g/mol. The van der Waals surface area contributed by atoms with Crippen LogP contribution in [-0.2, 0) is 4.79 Å². The molecule has 10 nitrogen and oxygen atoms in total. The molecule has 0 aliphatic carbocycles. The van der Waals surface area contributed by atoms with E-state index in [-0.39, 0.29) is 17.3 Å². The molecular weight excluding hydrogens is 422 g/mol. The summed E-state index contributed by atoms with van der Waals surface area (Å²) in [6.07, 6.45) is 2.99. The van der Waals surface area contributed by atoms with E-state index in [9.17, 15) is 25.0 Å². The zero-order valence-electron chi connectivity index (χ0n) is 16.2. The normalized spacial score (nSPS) is 14.3. The van der Waals surface area contributed by atoms with Crippen molar-refractivity contribution in [3.8, 4) is 0 Å². The first-order chi connectivity index (χ1) is 14.9. The summed E-state index contributed by atoms with van der Waals surface area (Å²) in [5, 5.41) is 22.6. The summed E-state index contributed by atoms with van der Waals surface area (Å²) in [6.45, 7) is 2.21. The predicted octanol–water partition coefficient (Wildman–Crippen LogP) is 3.47. The van der Waals surface area contributed by atoms with Crippen LogP contribution in [0.5, 0.6) is 0 Å². The van der Waals surface area contributed by atoms with Gasteiger partial charge >= 0.3 is 0 Å². The zero-order valence-corrected chi connectivity index (χ0v) is 17.0. The average molecular weight is 439 g/mol. The SMILES string of the molecule is O=C(/C=C/c1cccc([N+](=O)[O-])c1)N1CCN(c2nc3ccc([N+](=O)[O-])cc3s2)CC1. The third-order valence-corrected chi connectivity index (χ3v) is 6.01. The maximum Gasteiger partial charge on any atom is 0.270 e. The maximum atomic E-state index is 12.5. The molecule has 0 atom stereocenters. The van der Waals surface area contributed by atoms with Crippen LogP contribution in [0.1, 0.15) is 5.56 Å². The molecule has 2 heterocycles. The van der Waals surface area contributed by atoms with Crippen molar-refractivity contribution in [3.63, 3.8) is 0 Å². The Kier molecular flexibility index (Phi) is 5.58. The highest BCUT2D eigenvalue weighted by Crippen LogP contribution is 2.31. The molecule has 0 spiro atoms. The maximum absolute atomic E-state index is 12.5. The molecule has 3 aromatic rings. The highest BCUT2D eigenvalue weighted by atomic mass is 32.1. The topological polar surface area (TPSA) is 123 Å². The molecule has 0 bridgehead atoms. The molecule has 0 saturated carbocycles. The minimum Gasteiger partial charge on any atom is -0.345 e. The molecule has 1 aromatic heterocycles. The number of carbonyl (C=O) groups is 1. The van der Waals surface area contributed by atoms with Crippen molar-refractivity contribution in [2.75, 3.05) is 31.1 Å². The van der Waals surface area contributed by atoms with E-state index in [1.165, 1.54) is 41.7 Å². The van der Waals surface area contributed by atoms with Gasteiger partial charge in [0.25, 0.3) is 11.4 Å². The zero-order chi connectivity index (χ0) is 22.0. The summed E-state index contributed by atoms with van der Waals surface area (Å²) in [5.74, 6) is -0.161.